The molecule has 1 aliphatic carbocycles. The summed E-state index contributed by atoms with van der Waals surface area (Å²) in [7, 11) is -3.49. The summed E-state index contributed by atoms with van der Waals surface area (Å²) in [4.78, 5) is 0.306. The van der Waals surface area contributed by atoms with Crippen LogP contribution in [0, 0.1) is 0 Å². The van der Waals surface area contributed by atoms with Gasteiger partial charge in [-0.25, -0.2) is 13.1 Å². The summed E-state index contributed by atoms with van der Waals surface area (Å²) in [5.41, 5.74) is 0.988. The molecule has 1 atom stereocenters. The average Bonchev–Trinajstić information content (AvgIpc) is 3.27. The molecule has 1 unspecified atom stereocenters. The van der Waals surface area contributed by atoms with E-state index >= 15 is 0 Å². The highest BCUT2D eigenvalue weighted by molar-refractivity contribution is 7.89. The van der Waals surface area contributed by atoms with Gasteiger partial charge in [0.25, 0.3) is 0 Å². The normalized spacial score (nSPS) is 16.9. The fraction of sp³-hybridized carbons (Fsp3) is 0.600. The van der Waals surface area contributed by atoms with E-state index in [2.05, 4.69) is 10.0 Å². The number of nitrogens with one attached hydrogen (secondary N) is 2. The molecule has 1 fully saturated rings. The molecule has 1 aromatic carbocycles. The van der Waals surface area contributed by atoms with E-state index in [0.717, 1.165) is 5.56 Å². The maximum Gasteiger partial charge on any atom is 0.240 e. The number of rotatable bonds is 9. The van der Waals surface area contributed by atoms with E-state index in [0.29, 0.717) is 30.7 Å². The zero-order valence-electron chi connectivity index (χ0n) is 12.6. The van der Waals surface area contributed by atoms with Crippen LogP contribution in [-0.4, -0.2) is 33.7 Å². The van der Waals surface area contributed by atoms with Gasteiger partial charge < -0.3 is 10.1 Å². The van der Waals surface area contributed by atoms with E-state index in [1.54, 1.807) is 25.1 Å². The van der Waals surface area contributed by atoms with Crippen molar-refractivity contribution in [2.24, 2.45) is 0 Å². The summed E-state index contributed by atoms with van der Waals surface area (Å²) in [5, 5.41) is 3.38. The van der Waals surface area contributed by atoms with Gasteiger partial charge in [0.15, 0.2) is 0 Å². The molecule has 0 radical (unpaired) electrons. The molecule has 2 N–H and O–H groups in total. The van der Waals surface area contributed by atoms with Crippen molar-refractivity contribution in [3.05, 3.63) is 29.8 Å². The predicted molar refractivity (Wildman–Crippen MR) is 82.6 cm³/mol. The predicted octanol–water partition coefficient (Wildman–Crippen LogP) is 1.64. The van der Waals surface area contributed by atoms with Gasteiger partial charge in [0.05, 0.1) is 11.5 Å². The Hall–Kier alpha value is -0.950. The highest BCUT2D eigenvalue weighted by Crippen LogP contribution is 2.20. The minimum absolute atomic E-state index is 0.247. The monoisotopic (exact) mass is 312 g/mol. The molecule has 6 heteroatoms. The zero-order valence-corrected chi connectivity index (χ0v) is 13.4. The summed E-state index contributed by atoms with van der Waals surface area (Å²) in [5.74, 6) is 0. The van der Waals surface area contributed by atoms with Crippen LogP contribution in [-0.2, 0) is 21.3 Å². The number of sulfonamides is 1. The maximum atomic E-state index is 12.3. The van der Waals surface area contributed by atoms with Crippen LogP contribution >= 0.6 is 0 Å². The Bertz CT molecular complexity index is 556. The molecule has 2 rings (SSSR count). The van der Waals surface area contributed by atoms with Crippen LogP contribution in [0.1, 0.15) is 32.3 Å². The molecule has 0 amide bonds. The minimum atomic E-state index is -3.49. The molecule has 1 aromatic rings. The Morgan fingerprint density at radius 3 is 2.81 bits per heavy atom. The smallest absolute Gasteiger partial charge is 0.240 e. The van der Waals surface area contributed by atoms with Crippen LogP contribution in [0.15, 0.2) is 29.2 Å². The topological polar surface area (TPSA) is 67.4 Å². The Morgan fingerprint density at radius 1 is 1.38 bits per heavy atom. The first-order valence-corrected chi connectivity index (χ1v) is 8.92. The van der Waals surface area contributed by atoms with E-state index in [1.807, 2.05) is 13.0 Å². The molecule has 118 valence electrons. The van der Waals surface area contributed by atoms with E-state index in [4.69, 9.17) is 4.74 Å². The van der Waals surface area contributed by atoms with Crippen molar-refractivity contribution in [2.45, 2.75) is 50.2 Å². The van der Waals surface area contributed by atoms with E-state index in [-0.39, 0.29) is 6.04 Å². The summed E-state index contributed by atoms with van der Waals surface area (Å²) in [6, 6.07) is 7.43. The van der Waals surface area contributed by atoms with Gasteiger partial charge in [0.1, 0.15) is 0 Å². The Balaban J connectivity index is 1.99. The average molecular weight is 312 g/mol. The first-order valence-electron chi connectivity index (χ1n) is 7.43. The molecule has 21 heavy (non-hydrogen) atoms. The van der Waals surface area contributed by atoms with Gasteiger partial charge in [0, 0.05) is 25.2 Å². The summed E-state index contributed by atoms with van der Waals surface area (Å²) in [6.07, 6.45) is 2.43. The van der Waals surface area contributed by atoms with E-state index < -0.39 is 10.0 Å². The summed E-state index contributed by atoms with van der Waals surface area (Å²) >= 11 is 0. The van der Waals surface area contributed by atoms with Crippen LogP contribution < -0.4 is 10.0 Å². The number of hydrogen-bond acceptors (Lipinski definition) is 4. The highest BCUT2D eigenvalue weighted by Gasteiger charge is 2.21. The molecule has 1 saturated carbocycles. The van der Waals surface area contributed by atoms with Gasteiger partial charge in [0.2, 0.25) is 10.0 Å². The number of ether oxygens (including phenoxy) is 1. The quantitative estimate of drug-likeness (QED) is 0.727. The van der Waals surface area contributed by atoms with Crippen LogP contribution in [0.5, 0.6) is 0 Å². The molecule has 0 spiro atoms. The molecular formula is C15H24N2O3S. The van der Waals surface area contributed by atoms with Crippen LogP contribution in [0.4, 0.5) is 0 Å². The standard InChI is InChI=1S/C15H24N2O3S/c1-3-20-11-12(2)17-21(18,19)15-6-4-5-13(9-15)10-16-14-7-8-14/h4-6,9,12,14,16-17H,3,7-8,10-11H2,1-2H3. The van der Waals surface area contributed by atoms with Crippen LogP contribution in [0.25, 0.3) is 0 Å². The summed E-state index contributed by atoms with van der Waals surface area (Å²) < 4.78 is 32.5. The second-order valence-electron chi connectivity index (χ2n) is 5.48. The Kier molecular flexibility index (Phi) is 5.75. The second kappa shape index (κ2) is 7.35. The molecule has 0 aromatic heterocycles. The van der Waals surface area contributed by atoms with Crippen molar-refractivity contribution in [3.8, 4) is 0 Å². The van der Waals surface area contributed by atoms with Crippen LogP contribution in [0.2, 0.25) is 0 Å². The maximum absolute atomic E-state index is 12.3. The molecule has 0 heterocycles. The Labute approximate surface area is 127 Å². The molecule has 0 saturated heterocycles. The lowest BCUT2D eigenvalue weighted by Crippen LogP contribution is -2.36. The van der Waals surface area contributed by atoms with Gasteiger partial charge in [-0.2, -0.15) is 0 Å². The lowest BCUT2D eigenvalue weighted by atomic mass is 10.2. The third-order valence-electron chi connectivity index (χ3n) is 3.31. The molecular weight excluding hydrogens is 288 g/mol. The van der Waals surface area contributed by atoms with Gasteiger partial charge in [-0.05, 0) is 44.4 Å². The fourth-order valence-electron chi connectivity index (χ4n) is 2.03. The highest BCUT2D eigenvalue weighted by atomic mass is 32.2. The molecule has 5 nitrogen and oxygen atoms in total. The molecule has 1 aliphatic rings. The van der Waals surface area contributed by atoms with Crippen molar-refractivity contribution < 1.29 is 13.2 Å². The molecule has 0 bridgehead atoms. The zero-order chi connectivity index (χ0) is 15.3. The van der Waals surface area contributed by atoms with Gasteiger partial charge >= 0.3 is 0 Å². The van der Waals surface area contributed by atoms with Crippen molar-refractivity contribution in [2.75, 3.05) is 13.2 Å². The van der Waals surface area contributed by atoms with E-state index in [1.165, 1.54) is 12.8 Å². The number of hydrogen-bond donors (Lipinski definition) is 2. The lowest BCUT2D eigenvalue weighted by molar-refractivity contribution is 0.133. The minimum Gasteiger partial charge on any atom is -0.380 e. The van der Waals surface area contributed by atoms with Crippen molar-refractivity contribution in [1.29, 1.82) is 0 Å². The first-order chi connectivity index (χ1) is 10.0. The van der Waals surface area contributed by atoms with Crippen molar-refractivity contribution in [1.82, 2.24) is 10.0 Å². The molecule has 0 aliphatic heterocycles. The van der Waals surface area contributed by atoms with Gasteiger partial charge in [-0.3, -0.25) is 0 Å². The third-order valence-corrected chi connectivity index (χ3v) is 4.90. The van der Waals surface area contributed by atoms with Crippen molar-refractivity contribution >= 4 is 10.0 Å². The van der Waals surface area contributed by atoms with E-state index in [9.17, 15) is 8.42 Å². The number of benzene rings is 1. The van der Waals surface area contributed by atoms with Gasteiger partial charge in [-0.1, -0.05) is 12.1 Å². The second-order valence-corrected chi connectivity index (χ2v) is 7.20. The third kappa shape index (κ3) is 5.39. The summed E-state index contributed by atoms with van der Waals surface area (Å²) in [6.45, 7) is 5.35. The first kappa shape index (κ1) is 16.4. The Morgan fingerprint density at radius 2 is 2.14 bits per heavy atom. The van der Waals surface area contributed by atoms with Crippen LogP contribution in [0.3, 0.4) is 0 Å². The largest absolute Gasteiger partial charge is 0.380 e. The van der Waals surface area contributed by atoms with Gasteiger partial charge in [-0.15, -0.1) is 0 Å². The SMILES string of the molecule is CCOCC(C)NS(=O)(=O)c1cccc(CNC2CC2)c1. The van der Waals surface area contributed by atoms with Crippen molar-refractivity contribution in [3.63, 3.8) is 0 Å². The fourth-order valence-corrected chi connectivity index (χ4v) is 3.33. The lowest BCUT2D eigenvalue weighted by Gasteiger charge is -2.14.